The summed E-state index contributed by atoms with van der Waals surface area (Å²) in [7, 11) is 4.45. The maximum absolute atomic E-state index is 2.46. The van der Waals surface area contributed by atoms with Crippen molar-refractivity contribution in [2.24, 2.45) is 11.8 Å². The van der Waals surface area contributed by atoms with Gasteiger partial charge in [0.25, 0.3) is 0 Å². The Balaban J connectivity index is 2.21. The first-order valence-electron chi connectivity index (χ1n) is 5.50. The first-order valence-corrected chi connectivity index (χ1v) is 5.50. The van der Waals surface area contributed by atoms with E-state index < -0.39 is 0 Å². The minimum Gasteiger partial charge on any atom is -0.307 e. The molecule has 1 fully saturated rings. The van der Waals surface area contributed by atoms with E-state index in [-0.39, 0.29) is 0 Å². The van der Waals surface area contributed by atoms with Gasteiger partial charge in [-0.3, -0.25) is 0 Å². The van der Waals surface area contributed by atoms with Crippen LogP contribution in [0, 0.1) is 11.8 Å². The molecule has 1 heterocycles. The molecule has 0 amide bonds. The van der Waals surface area contributed by atoms with Gasteiger partial charge < -0.3 is 9.80 Å². The van der Waals surface area contributed by atoms with Crippen LogP contribution in [0.1, 0.15) is 20.3 Å². The Morgan fingerprint density at radius 3 is 2.54 bits per heavy atom. The zero-order valence-electron chi connectivity index (χ0n) is 9.58. The Morgan fingerprint density at radius 1 is 1.38 bits per heavy atom. The minimum absolute atomic E-state index is 0.898. The van der Waals surface area contributed by atoms with Crippen molar-refractivity contribution in [2.45, 2.75) is 20.3 Å². The smallest absolute Gasteiger partial charge is 0.00102 e. The zero-order valence-corrected chi connectivity index (χ0v) is 9.58. The zero-order chi connectivity index (χ0) is 9.84. The fourth-order valence-corrected chi connectivity index (χ4v) is 2.22. The summed E-state index contributed by atoms with van der Waals surface area (Å²) in [6.45, 7) is 9.65. The predicted molar refractivity (Wildman–Crippen MR) is 57.9 cm³/mol. The van der Waals surface area contributed by atoms with E-state index in [1.165, 1.54) is 32.6 Å². The van der Waals surface area contributed by atoms with Gasteiger partial charge in [-0.1, -0.05) is 13.8 Å². The molecule has 0 radical (unpaired) electrons. The summed E-state index contributed by atoms with van der Waals surface area (Å²) >= 11 is 0. The molecule has 0 aromatic rings. The molecule has 1 aliphatic heterocycles. The van der Waals surface area contributed by atoms with Crippen LogP contribution >= 0.6 is 0 Å². The van der Waals surface area contributed by atoms with E-state index in [0.29, 0.717) is 0 Å². The lowest BCUT2D eigenvalue weighted by Crippen LogP contribution is -2.23. The third-order valence-corrected chi connectivity index (χ3v) is 3.37. The fourth-order valence-electron chi connectivity index (χ4n) is 2.22. The molecule has 13 heavy (non-hydrogen) atoms. The van der Waals surface area contributed by atoms with Gasteiger partial charge in [-0.05, 0) is 45.4 Å². The van der Waals surface area contributed by atoms with Crippen LogP contribution in [0.15, 0.2) is 0 Å². The predicted octanol–water partition coefficient (Wildman–Crippen LogP) is 1.53. The number of nitrogens with zero attached hydrogens (tertiary/aromatic N) is 2. The summed E-state index contributed by atoms with van der Waals surface area (Å²) in [6, 6.07) is 0. The average molecular weight is 184 g/mol. The maximum Gasteiger partial charge on any atom is 0.00102 e. The Labute approximate surface area is 82.9 Å². The monoisotopic (exact) mass is 184 g/mol. The average Bonchev–Trinajstić information content (AvgIpc) is 2.41. The van der Waals surface area contributed by atoms with Gasteiger partial charge in [0.15, 0.2) is 0 Å². The topological polar surface area (TPSA) is 6.48 Å². The van der Waals surface area contributed by atoms with Gasteiger partial charge in [-0.25, -0.2) is 0 Å². The molecular formula is C11H24N2. The molecule has 2 heteroatoms. The van der Waals surface area contributed by atoms with E-state index in [4.69, 9.17) is 0 Å². The Kier molecular flexibility index (Phi) is 4.20. The second kappa shape index (κ2) is 4.97. The van der Waals surface area contributed by atoms with Gasteiger partial charge in [0, 0.05) is 13.1 Å². The van der Waals surface area contributed by atoms with Gasteiger partial charge in [0.05, 0.1) is 0 Å². The number of hydrogen-bond acceptors (Lipinski definition) is 2. The van der Waals surface area contributed by atoms with Crippen LogP contribution in [0.3, 0.4) is 0 Å². The van der Waals surface area contributed by atoms with Crippen molar-refractivity contribution in [1.82, 2.24) is 9.80 Å². The first-order chi connectivity index (χ1) is 6.13. The summed E-state index contributed by atoms with van der Waals surface area (Å²) in [4.78, 5) is 4.87. The fraction of sp³-hybridized carbons (Fsp3) is 1.00. The third kappa shape index (κ3) is 3.28. The molecule has 1 aliphatic rings. The van der Waals surface area contributed by atoms with E-state index in [1.54, 1.807) is 0 Å². The van der Waals surface area contributed by atoms with E-state index in [1.807, 2.05) is 0 Å². The summed E-state index contributed by atoms with van der Waals surface area (Å²) in [5, 5.41) is 0. The highest BCUT2D eigenvalue weighted by Gasteiger charge is 2.26. The van der Waals surface area contributed by atoms with Gasteiger partial charge >= 0.3 is 0 Å². The van der Waals surface area contributed by atoms with Crippen LogP contribution in [-0.4, -0.2) is 50.1 Å². The van der Waals surface area contributed by atoms with Crippen molar-refractivity contribution in [1.29, 1.82) is 0 Å². The maximum atomic E-state index is 2.46. The molecule has 0 spiro atoms. The van der Waals surface area contributed by atoms with E-state index in [0.717, 1.165) is 11.8 Å². The second-order valence-corrected chi connectivity index (χ2v) is 4.64. The quantitative estimate of drug-likeness (QED) is 0.654. The highest BCUT2D eigenvalue weighted by molar-refractivity contribution is 4.79. The van der Waals surface area contributed by atoms with E-state index >= 15 is 0 Å². The SMILES string of the molecule is CCN(C)CCC1CN(C)CC1C. The molecule has 0 saturated carbocycles. The largest absolute Gasteiger partial charge is 0.307 e. The van der Waals surface area contributed by atoms with Crippen molar-refractivity contribution in [3.63, 3.8) is 0 Å². The summed E-state index contributed by atoms with van der Waals surface area (Å²) in [6.07, 6.45) is 1.37. The highest BCUT2D eigenvalue weighted by atomic mass is 15.1. The summed E-state index contributed by atoms with van der Waals surface area (Å²) < 4.78 is 0. The van der Waals surface area contributed by atoms with Crippen LogP contribution in [-0.2, 0) is 0 Å². The minimum atomic E-state index is 0.898. The molecule has 1 rings (SSSR count). The molecule has 0 aliphatic carbocycles. The molecule has 2 nitrogen and oxygen atoms in total. The lowest BCUT2D eigenvalue weighted by Gasteiger charge is -2.19. The Bertz CT molecular complexity index is 147. The van der Waals surface area contributed by atoms with Crippen LogP contribution in [0.2, 0.25) is 0 Å². The molecule has 0 N–H and O–H groups in total. The lowest BCUT2D eigenvalue weighted by atomic mass is 9.95. The molecule has 1 saturated heterocycles. The third-order valence-electron chi connectivity index (χ3n) is 3.37. The van der Waals surface area contributed by atoms with E-state index in [2.05, 4.69) is 37.7 Å². The van der Waals surface area contributed by atoms with Crippen molar-refractivity contribution >= 4 is 0 Å². The number of rotatable bonds is 4. The van der Waals surface area contributed by atoms with Crippen LogP contribution < -0.4 is 0 Å². The lowest BCUT2D eigenvalue weighted by molar-refractivity contribution is 0.294. The molecule has 0 aromatic carbocycles. The van der Waals surface area contributed by atoms with Crippen LogP contribution in [0.25, 0.3) is 0 Å². The molecule has 0 bridgehead atoms. The van der Waals surface area contributed by atoms with Gasteiger partial charge in [-0.2, -0.15) is 0 Å². The van der Waals surface area contributed by atoms with Crippen LogP contribution in [0.5, 0.6) is 0 Å². The van der Waals surface area contributed by atoms with Gasteiger partial charge in [0.2, 0.25) is 0 Å². The summed E-state index contributed by atoms with van der Waals surface area (Å²) in [5.74, 6) is 1.83. The Morgan fingerprint density at radius 2 is 2.08 bits per heavy atom. The van der Waals surface area contributed by atoms with Crippen LogP contribution in [0.4, 0.5) is 0 Å². The number of likely N-dealkylation sites (tertiary alicyclic amines) is 1. The van der Waals surface area contributed by atoms with Crippen molar-refractivity contribution < 1.29 is 0 Å². The van der Waals surface area contributed by atoms with Gasteiger partial charge in [0.1, 0.15) is 0 Å². The highest BCUT2D eigenvalue weighted by Crippen LogP contribution is 2.24. The molecule has 0 aromatic heterocycles. The normalized spacial score (nSPS) is 30.2. The van der Waals surface area contributed by atoms with Gasteiger partial charge in [-0.15, -0.1) is 0 Å². The Hall–Kier alpha value is -0.0800. The summed E-state index contributed by atoms with van der Waals surface area (Å²) in [5.41, 5.74) is 0. The molecule has 2 atom stereocenters. The number of hydrogen-bond donors (Lipinski definition) is 0. The van der Waals surface area contributed by atoms with Crippen molar-refractivity contribution in [2.75, 3.05) is 40.3 Å². The van der Waals surface area contributed by atoms with Crippen molar-refractivity contribution in [3.8, 4) is 0 Å². The van der Waals surface area contributed by atoms with Crippen molar-refractivity contribution in [3.05, 3.63) is 0 Å². The molecule has 2 unspecified atom stereocenters. The molecular weight excluding hydrogens is 160 g/mol. The first kappa shape index (κ1) is 11.0. The van der Waals surface area contributed by atoms with E-state index in [9.17, 15) is 0 Å². The second-order valence-electron chi connectivity index (χ2n) is 4.64. The molecule has 78 valence electrons. The standard InChI is InChI=1S/C11H24N2/c1-5-12(3)7-6-11-9-13(4)8-10(11)2/h10-11H,5-9H2,1-4H3.